The molecule has 0 aliphatic carbocycles. The van der Waals surface area contributed by atoms with Crippen LogP contribution in [0, 0.1) is 5.92 Å². The summed E-state index contributed by atoms with van der Waals surface area (Å²) in [6.45, 7) is 4.71. The summed E-state index contributed by atoms with van der Waals surface area (Å²) in [7, 11) is -3.09. The number of nitrogens with two attached hydrogens (primary N) is 1. The van der Waals surface area contributed by atoms with Crippen LogP contribution in [0.5, 0.6) is 5.75 Å². The topological polar surface area (TPSA) is 200 Å². The van der Waals surface area contributed by atoms with Gasteiger partial charge in [-0.25, -0.2) is 4.79 Å². The van der Waals surface area contributed by atoms with E-state index in [-0.39, 0.29) is 31.1 Å². The summed E-state index contributed by atoms with van der Waals surface area (Å²) in [6.07, 6.45) is 0.150. The molecule has 0 saturated carbocycles. The lowest BCUT2D eigenvalue weighted by molar-refractivity contribution is -0.178. The molecular weight excluding hydrogens is 455 g/mol. The number of benzene rings is 1. The van der Waals surface area contributed by atoms with Gasteiger partial charge in [0.15, 0.2) is 5.75 Å². The van der Waals surface area contributed by atoms with Crippen molar-refractivity contribution in [3.05, 3.63) is 29.8 Å². The summed E-state index contributed by atoms with van der Waals surface area (Å²) in [5.74, 6) is -3.10. The smallest absolute Gasteiger partial charge is 0.539 e. The van der Waals surface area contributed by atoms with Gasteiger partial charge in [-0.05, 0) is 41.5 Å². The van der Waals surface area contributed by atoms with Crippen molar-refractivity contribution in [2.45, 2.75) is 51.7 Å². The molecule has 182 valence electrons. The van der Waals surface area contributed by atoms with Crippen LogP contribution < -0.4 is 31.1 Å². The Labute approximate surface area is 192 Å². The minimum Gasteiger partial charge on any atom is -0.558 e. The Morgan fingerprint density at radius 2 is 1.61 bits per heavy atom. The number of carboxylic acids is 1. The quantitative estimate of drug-likeness (QED) is 0.222. The molecule has 0 radical (unpaired) electrons. The summed E-state index contributed by atoms with van der Waals surface area (Å²) >= 11 is 0. The molecule has 33 heavy (non-hydrogen) atoms. The van der Waals surface area contributed by atoms with E-state index in [1.807, 2.05) is 13.8 Å². The molecule has 0 bridgehead atoms. The molecular formula is C20H29N4O8P. The first-order valence-corrected chi connectivity index (χ1v) is 11.3. The highest BCUT2D eigenvalue weighted by Crippen LogP contribution is 2.21. The third-order valence-corrected chi connectivity index (χ3v) is 4.81. The second-order valence-corrected chi connectivity index (χ2v) is 8.38. The first kappa shape index (κ1) is 28.0. The van der Waals surface area contributed by atoms with E-state index in [4.69, 9.17) is 5.73 Å². The molecule has 1 aromatic rings. The minimum atomic E-state index is -3.09. The van der Waals surface area contributed by atoms with Gasteiger partial charge >= 0.3 is 14.2 Å². The van der Waals surface area contributed by atoms with Crippen molar-refractivity contribution in [2.24, 2.45) is 11.7 Å². The highest BCUT2D eigenvalue weighted by Gasteiger charge is 2.29. The second-order valence-electron chi connectivity index (χ2n) is 7.75. The minimum absolute atomic E-state index is 0.00834. The zero-order valence-corrected chi connectivity index (χ0v) is 19.5. The van der Waals surface area contributed by atoms with Gasteiger partial charge in [0.2, 0.25) is 17.7 Å². The average molecular weight is 484 g/mol. The van der Waals surface area contributed by atoms with E-state index in [1.54, 1.807) is 0 Å². The molecule has 1 unspecified atom stereocenters. The van der Waals surface area contributed by atoms with Gasteiger partial charge in [-0.15, -0.1) is 0 Å². The van der Waals surface area contributed by atoms with Crippen LogP contribution >= 0.6 is 8.25 Å². The van der Waals surface area contributed by atoms with Crippen molar-refractivity contribution in [2.75, 3.05) is 6.54 Å². The maximum atomic E-state index is 12.9. The number of amides is 3. The number of carboxylic acid groups (broad SMARTS) is 1. The number of nitrogens with one attached hydrogen (secondary N) is 3. The summed E-state index contributed by atoms with van der Waals surface area (Å²) in [5, 5.41) is 16.7. The Bertz CT molecular complexity index is 862. The zero-order chi connectivity index (χ0) is 25.1. The normalized spacial score (nSPS) is 13.9. The molecule has 12 nitrogen and oxygen atoms in total. The number of carbonyl (C=O) groups is 4. The number of rotatable bonds is 13. The van der Waals surface area contributed by atoms with Crippen molar-refractivity contribution in [1.29, 1.82) is 0 Å². The fourth-order valence-corrected chi connectivity index (χ4v) is 3.14. The van der Waals surface area contributed by atoms with Crippen LogP contribution in [0.3, 0.4) is 0 Å². The van der Waals surface area contributed by atoms with E-state index >= 15 is 0 Å². The van der Waals surface area contributed by atoms with Gasteiger partial charge in [0.25, 0.3) is 0 Å². The standard InChI is InChI=1S/C20H29N4O8P/c1-11(2)8-16(20(28)29)24-19(27)15(23-18(26)12(3)22-17(25)10-21)9-13-4-6-14(7-5-13)32-33(30)31/h4-7,11-12,15-16H,8-10,21H2,1-3H3,(H,22,25)(H,23,26)(H,24,27)(H,28,29)/t12-,15-,16-/m0/s1. The molecule has 0 saturated heterocycles. The van der Waals surface area contributed by atoms with Crippen molar-refractivity contribution >= 4 is 31.9 Å². The molecule has 0 fully saturated rings. The second kappa shape index (κ2) is 13.5. The SMILES string of the molecule is CC(C)C[C@H](NC(=O)[C@H](Cc1ccc(O[P+](=O)[O-])cc1)NC(=O)[C@H](C)NC(=O)CN)C(=O)O. The number of hydrogen-bond donors (Lipinski definition) is 5. The molecule has 3 amide bonds. The fourth-order valence-electron chi connectivity index (χ4n) is 2.85. The zero-order valence-electron chi connectivity index (χ0n) is 18.6. The van der Waals surface area contributed by atoms with Gasteiger partial charge in [0.1, 0.15) is 18.1 Å². The summed E-state index contributed by atoms with van der Waals surface area (Å²) in [5.41, 5.74) is 5.77. The molecule has 0 spiro atoms. The maximum absolute atomic E-state index is 12.9. The van der Waals surface area contributed by atoms with Crippen LogP contribution in [-0.4, -0.2) is 53.5 Å². The largest absolute Gasteiger partial charge is 0.558 e. The van der Waals surface area contributed by atoms with Crippen LogP contribution in [-0.2, 0) is 30.2 Å². The molecule has 0 aliphatic heterocycles. The maximum Gasteiger partial charge on any atom is 0.539 e. The number of hydrogen-bond acceptors (Lipinski definition) is 8. The highest BCUT2D eigenvalue weighted by molar-refractivity contribution is 7.31. The molecule has 0 heterocycles. The van der Waals surface area contributed by atoms with Crippen molar-refractivity contribution in [3.63, 3.8) is 0 Å². The molecule has 0 aliphatic rings. The molecule has 13 heteroatoms. The molecule has 1 aromatic carbocycles. The van der Waals surface area contributed by atoms with E-state index in [9.17, 15) is 33.7 Å². The van der Waals surface area contributed by atoms with E-state index in [1.165, 1.54) is 31.2 Å². The Balaban J connectivity index is 3.04. The third kappa shape index (κ3) is 10.4. The van der Waals surface area contributed by atoms with Crippen LogP contribution in [0.1, 0.15) is 32.8 Å². The van der Waals surface area contributed by atoms with Crippen LogP contribution in [0.2, 0.25) is 0 Å². The van der Waals surface area contributed by atoms with Crippen molar-refractivity contribution < 1.29 is 38.3 Å². The number of aliphatic carboxylic acids is 1. The Hall–Kier alpha value is -3.08. The number of carbonyl (C=O) groups excluding carboxylic acids is 3. The van der Waals surface area contributed by atoms with E-state index in [0.717, 1.165) is 0 Å². The van der Waals surface area contributed by atoms with E-state index < -0.39 is 50.1 Å². The Morgan fingerprint density at radius 1 is 1.03 bits per heavy atom. The Kier molecular flexibility index (Phi) is 11.4. The van der Waals surface area contributed by atoms with Crippen LogP contribution in [0.15, 0.2) is 24.3 Å². The molecule has 6 N–H and O–H groups in total. The average Bonchev–Trinajstić information content (AvgIpc) is 2.72. The lowest BCUT2D eigenvalue weighted by Gasteiger charge is -2.24. The highest BCUT2D eigenvalue weighted by atomic mass is 31.1. The third-order valence-electron chi connectivity index (χ3n) is 4.45. The monoisotopic (exact) mass is 484 g/mol. The lowest BCUT2D eigenvalue weighted by atomic mass is 10.0. The lowest BCUT2D eigenvalue weighted by Crippen LogP contribution is -2.56. The molecule has 1 rings (SSSR count). The summed E-state index contributed by atoms with van der Waals surface area (Å²) < 4.78 is 15.2. The van der Waals surface area contributed by atoms with Crippen molar-refractivity contribution in [1.82, 2.24) is 16.0 Å². The van der Waals surface area contributed by atoms with E-state index in [2.05, 4.69) is 20.5 Å². The van der Waals surface area contributed by atoms with Gasteiger partial charge in [0, 0.05) is 6.42 Å². The van der Waals surface area contributed by atoms with Crippen LogP contribution in [0.25, 0.3) is 0 Å². The molecule has 0 aromatic heterocycles. The summed E-state index contributed by atoms with van der Waals surface area (Å²) in [6, 6.07) is 2.43. The van der Waals surface area contributed by atoms with Gasteiger partial charge in [0.05, 0.1) is 6.54 Å². The van der Waals surface area contributed by atoms with Gasteiger partial charge < -0.3 is 31.7 Å². The van der Waals surface area contributed by atoms with Gasteiger partial charge in [-0.2, -0.15) is 0 Å². The van der Waals surface area contributed by atoms with Gasteiger partial charge in [-0.3, -0.25) is 18.9 Å². The first-order valence-electron chi connectivity index (χ1n) is 10.2. The van der Waals surface area contributed by atoms with Crippen LogP contribution in [0.4, 0.5) is 0 Å². The predicted molar refractivity (Wildman–Crippen MR) is 116 cm³/mol. The summed E-state index contributed by atoms with van der Waals surface area (Å²) in [4.78, 5) is 59.1. The predicted octanol–water partition coefficient (Wildman–Crippen LogP) is -0.811. The van der Waals surface area contributed by atoms with E-state index in [0.29, 0.717) is 5.56 Å². The van der Waals surface area contributed by atoms with Crippen molar-refractivity contribution in [3.8, 4) is 5.75 Å². The van der Waals surface area contributed by atoms with Gasteiger partial charge in [-0.1, -0.05) is 26.0 Å². The molecule has 4 atom stereocenters. The fraction of sp³-hybridized carbons (Fsp3) is 0.500. The first-order chi connectivity index (χ1) is 15.4. The Morgan fingerprint density at radius 3 is 2.09 bits per heavy atom.